The molecule has 1 N–H and O–H groups in total. The van der Waals surface area contributed by atoms with Crippen molar-refractivity contribution >= 4 is 23.8 Å². The second-order valence-corrected chi connectivity index (χ2v) is 5.55. The molecule has 1 amide bonds. The first-order valence-electron chi connectivity index (χ1n) is 8.01. The summed E-state index contributed by atoms with van der Waals surface area (Å²) in [5.41, 5.74) is -1.13. The van der Waals surface area contributed by atoms with Crippen LogP contribution < -0.4 is 5.32 Å². The number of ether oxygens (including phenoxy) is 3. The summed E-state index contributed by atoms with van der Waals surface area (Å²) in [4.78, 5) is 51.0. The molecule has 0 spiro atoms. The molecular formula is C19H22N2O7. The maximum atomic E-state index is 12.5. The standard InChI is InChI=1S/C19H22N2O7/c1-21(2)11-13(17(23)26-3)14(18(24)27-4)15(19(25)28-5)20-16(22)12-9-7-6-8-10-12/h6-11H,1-5H3,(H,20,22)/b13-11+,15-14+. The van der Waals surface area contributed by atoms with E-state index in [1.807, 2.05) is 0 Å². The molecule has 28 heavy (non-hydrogen) atoms. The van der Waals surface area contributed by atoms with Crippen LogP contribution in [0.5, 0.6) is 0 Å². The number of carbonyl (C=O) groups is 4. The zero-order chi connectivity index (χ0) is 21.3. The minimum atomic E-state index is -1.04. The number of esters is 3. The Morgan fingerprint density at radius 1 is 0.857 bits per heavy atom. The monoisotopic (exact) mass is 390 g/mol. The molecule has 1 aromatic carbocycles. The van der Waals surface area contributed by atoms with Crippen LogP contribution in [-0.4, -0.2) is 64.1 Å². The molecule has 0 bridgehead atoms. The van der Waals surface area contributed by atoms with Gasteiger partial charge in [-0.15, -0.1) is 0 Å². The van der Waals surface area contributed by atoms with E-state index in [9.17, 15) is 19.2 Å². The Labute approximate surface area is 162 Å². The molecule has 0 saturated carbocycles. The van der Waals surface area contributed by atoms with Crippen molar-refractivity contribution in [3.63, 3.8) is 0 Å². The Morgan fingerprint density at radius 3 is 1.86 bits per heavy atom. The summed E-state index contributed by atoms with van der Waals surface area (Å²) in [7, 11) is 6.44. The summed E-state index contributed by atoms with van der Waals surface area (Å²) in [6.07, 6.45) is 1.26. The molecular weight excluding hydrogens is 368 g/mol. The summed E-state index contributed by atoms with van der Waals surface area (Å²) in [5.74, 6) is -3.67. The average Bonchev–Trinajstić information content (AvgIpc) is 2.71. The number of hydrogen-bond donors (Lipinski definition) is 1. The Hall–Kier alpha value is -3.62. The lowest BCUT2D eigenvalue weighted by atomic mass is 10.0. The molecule has 0 aromatic heterocycles. The highest BCUT2D eigenvalue weighted by Gasteiger charge is 2.31. The first kappa shape index (κ1) is 22.4. The SMILES string of the molecule is COC(=O)C(=C/N(C)C)/C(C(=O)OC)=C(\NC(=O)c1ccccc1)C(=O)OC. The smallest absolute Gasteiger partial charge is 0.355 e. The lowest BCUT2D eigenvalue weighted by Crippen LogP contribution is -2.33. The Balaban J connectivity index is 3.67. The van der Waals surface area contributed by atoms with Crippen molar-refractivity contribution in [2.45, 2.75) is 0 Å². The third kappa shape index (κ3) is 5.70. The number of methoxy groups -OCH3 is 3. The predicted molar refractivity (Wildman–Crippen MR) is 98.8 cm³/mol. The maximum Gasteiger partial charge on any atom is 0.355 e. The molecule has 150 valence electrons. The van der Waals surface area contributed by atoms with E-state index >= 15 is 0 Å². The quantitative estimate of drug-likeness (QED) is 0.312. The van der Waals surface area contributed by atoms with Crippen molar-refractivity contribution in [1.29, 1.82) is 0 Å². The zero-order valence-electron chi connectivity index (χ0n) is 16.3. The van der Waals surface area contributed by atoms with Crippen molar-refractivity contribution in [1.82, 2.24) is 10.2 Å². The van der Waals surface area contributed by atoms with Crippen LogP contribution in [0.15, 0.2) is 53.4 Å². The van der Waals surface area contributed by atoms with Gasteiger partial charge in [0.2, 0.25) is 0 Å². The Morgan fingerprint density at radius 2 is 1.39 bits per heavy atom. The average molecular weight is 390 g/mol. The van der Waals surface area contributed by atoms with Gasteiger partial charge in [0.25, 0.3) is 5.91 Å². The van der Waals surface area contributed by atoms with E-state index in [1.54, 1.807) is 32.3 Å². The Bertz CT molecular complexity index is 811. The topological polar surface area (TPSA) is 111 Å². The lowest BCUT2D eigenvalue weighted by Gasteiger charge is -2.16. The first-order chi connectivity index (χ1) is 13.3. The van der Waals surface area contributed by atoms with E-state index in [0.717, 1.165) is 21.3 Å². The molecule has 9 heteroatoms. The molecule has 0 unspecified atom stereocenters. The van der Waals surface area contributed by atoms with Gasteiger partial charge >= 0.3 is 17.9 Å². The van der Waals surface area contributed by atoms with E-state index in [1.165, 1.54) is 23.2 Å². The number of nitrogens with zero attached hydrogens (tertiary/aromatic N) is 1. The molecule has 9 nitrogen and oxygen atoms in total. The van der Waals surface area contributed by atoms with Crippen molar-refractivity contribution in [3.8, 4) is 0 Å². The Kier molecular flexibility index (Phi) is 8.42. The predicted octanol–water partition coefficient (Wildman–Crippen LogP) is 0.635. The van der Waals surface area contributed by atoms with Gasteiger partial charge in [-0.25, -0.2) is 14.4 Å². The second-order valence-electron chi connectivity index (χ2n) is 5.55. The van der Waals surface area contributed by atoms with E-state index in [0.29, 0.717) is 0 Å². The summed E-state index contributed by atoms with van der Waals surface area (Å²) in [5, 5.41) is 2.33. The minimum absolute atomic E-state index is 0.226. The van der Waals surface area contributed by atoms with Gasteiger partial charge in [-0.3, -0.25) is 4.79 Å². The number of rotatable bonds is 7. The van der Waals surface area contributed by atoms with E-state index in [2.05, 4.69) is 10.1 Å². The van der Waals surface area contributed by atoms with Gasteiger partial charge in [-0.2, -0.15) is 0 Å². The molecule has 0 heterocycles. The highest BCUT2D eigenvalue weighted by Crippen LogP contribution is 2.19. The number of amides is 1. The summed E-state index contributed by atoms with van der Waals surface area (Å²) < 4.78 is 14.1. The molecule has 0 aliphatic heterocycles. The minimum Gasteiger partial charge on any atom is -0.465 e. The molecule has 0 aliphatic rings. The van der Waals surface area contributed by atoms with Gasteiger partial charge in [0.15, 0.2) is 0 Å². The molecule has 0 fully saturated rings. The largest absolute Gasteiger partial charge is 0.465 e. The van der Waals surface area contributed by atoms with Gasteiger partial charge in [-0.05, 0) is 12.1 Å². The second kappa shape index (κ2) is 10.5. The van der Waals surface area contributed by atoms with Crippen LogP contribution in [0.1, 0.15) is 10.4 Å². The summed E-state index contributed by atoms with van der Waals surface area (Å²) in [6, 6.07) is 7.99. The van der Waals surface area contributed by atoms with Gasteiger partial charge in [-0.1, -0.05) is 18.2 Å². The number of carbonyl (C=O) groups excluding carboxylic acids is 4. The van der Waals surface area contributed by atoms with Gasteiger partial charge in [0.1, 0.15) is 11.3 Å². The molecule has 1 rings (SSSR count). The van der Waals surface area contributed by atoms with Crippen LogP contribution in [0.4, 0.5) is 0 Å². The van der Waals surface area contributed by atoms with Crippen LogP contribution in [0.25, 0.3) is 0 Å². The van der Waals surface area contributed by atoms with Crippen molar-refractivity contribution in [3.05, 3.63) is 58.9 Å². The molecule has 1 aromatic rings. The highest BCUT2D eigenvalue weighted by molar-refractivity contribution is 6.13. The van der Waals surface area contributed by atoms with Gasteiger partial charge in [0, 0.05) is 25.9 Å². The molecule has 0 saturated heterocycles. The van der Waals surface area contributed by atoms with Gasteiger partial charge < -0.3 is 24.4 Å². The van der Waals surface area contributed by atoms with Crippen LogP contribution in [0.2, 0.25) is 0 Å². The van der Waals surface area contributed by atoms with Crippen molar-refractivity contribution in [2.75, 3.05) is 35.4 Å². The van der Waals surface area contributed by atoms with E-state index in [4.69, 9.17) is 9.47 Å². The maximum absolute atomic E-state index is 12.5. The lowest BCUT2D eigenvalue weighted by molar-refractivity contribution is -0.140. The number of hydrogen-bond acceptors (Lipinski definition) is 8. The fraction of sp³-hybridized carbons (Fsp3) is 0.263. The van der Waals surface area contributed by atoms with E-state index < -0.39 is 35.1 Å². The zero-order valence-corrected chi connectivity index (χ0v) is 16.3. The van der Waals surface area contributed by atoms with Crippen LogP contribution >= 0.6 is 0 Å². The van der Waals surface area contributed by atoms with Crippen molar-refractivity contribution < 1.29 is 33.4 Å². The third-order valence-corrected chi connectivity index (χ3v) is 3.37. The van der Waals surface area contributed by atoms with Gasteiger partial charge in [0.05, 0.1) is 26.9 Å². The summed E-state index contributed by atoms with van der Waals surface area (Å²) >= 11 is 0. The first-order valence-corrected chi connectivity index (χ1v) is 8.01. The van der Waals surface area contributed by atoms with E-state index in [-0.39, 0.29) is 11.1 Å². The number of nitrogens with one attached hydrogen (secondary N) is 1. The fourth-order valence-electron chi connectivity index (χ4n) is 2.13. The number of benzene rings is 1. The molecule has 0 atom stereocenters. The normalized spacial score (nSPS) is 11.7. The fourth-order valence-corrected chi connectivity index (χ4v) is 2.13. The third-order valence-electron chi connectivity index (χ3n) is 3.37. The van der Waals surface area contributed by atoms with Crippen molar-refractivity contribution in [2.24, 2.45) is 0 Å². The molecule has 0 radical (unpaired) electrons. The molecule has 0 aliphatic carbocycles. The highest BCUT2D eigenvalue weighted by atomic mass is 16.5. The summed E-state index contributed by atoms with van der Waals surface area (Å²) in [6.45, 7) is 0. The van der Waals surface area contributed by atoms with Crippen LogP contribution in [-0.2, 0) is 28.6 Å². The van der Waals surface area contributed by atoms with Crippen LogP contribution in [0, 0.1) is 0 Å². The van der Waals surface area contributed by atoms with Crippen LogP contribution in [0.3, 0.4) is 0 Å².